The molecule has 0 unspecified atom stereocenters. The second-order valence-electron chi connectivity index (χ2n) is 6.82. The normalized spacial score (nSPS) is 13.1. The highest BCUT2D eigenvalue weighted by Gasteiger charge is 2.15. The van der Waals surface area contributed by atoms with Gasteiger partial charge in [-0.2, -0.15) is 0 Å². The van der Waals surface area contributed by atoms with Crippen molar-refractivity contribution in [2.75, 3.05) is 6.54 Å². The van der Waals surface area contributed by atoms with Crippen LogP contribution in [0.5, 0.6) is 0 Å². The summed E-state index contributed by atoms with van der Waals surface area (Å²) >= 11 is 3.37. The summed E-state index contributed by atoms with van der Waals surface area (Å²) in [6, 6.07) is 13.6. The van der Waals surface area contributed by atoms with Crippen LogP contribution in [0, 0.1) is 0 Å². The number of aromatic nitrogens is 2. The van der Waals surface area contributed by atoms with Gasteiger partial charge in [-0.3, -0.25) is 4.79 Å². The predicted octanol–water partition coefficient (Wildman–Crippen LogP) is 4.93. The minimum absolute atomic E-state index is 0.0648. The Morgan fingerprint density at radius 3 is 2.82 bits per heavy atom. The van der Waals surface area contributed by atoms with E-state index in [-0.39, 0.29) is 5.91 Å². The highest BCUT2D eigenvalue weighted by Crippen LogP contribution is 2.29. The third-order valence-corrected chi connectivity index (χ3v) is 6.96. The van der Waals surface area contributed by atoms with E-state index >= 15 is 0 Å². The smallest absolute Gasteiger partial charge is 0.254 e. The van der Waals surface area contributed by atoms with E-state index in [0.717, 1.165) is 29.2 Å². The molecule has 28 heavy (non-hydrogen) atoms. The van der Waals surface area contributed by atoms with E-state index in [4.69, 9.17) is 4.98 Å². The largest absolute Gasteiger partial charge is 0.352 e. The van der Waals surface area contributed by atoms with Crippen LogP contribution >= 0.6 is 23.1 Å². The Morgan fingerprint density at radius 1 is 1.11 bits per heavy atom. The summed E-state index contributed by atoms with van der Waals surface area (Å²) in [7, 11) is 0. The van der Waals surface area contributed by atoms with Crippen molar-refractivity contribution in [3.63, 3.8) is 0 Å². The summed E-state index contributed by atoms with van der Waals surface area (Å²) in [6.07, 6.45) is 8.43. The molecular formula is C22H23N3OS2. The molecule has 144 valence electrons. The van der Waals surface area contributed by atoms with E-state index in [9.17, 15) is 4.79 Å². The molecule has 0 radical (unpaired) electrons. The number of hydrogen-bond acceptors (Lipinski definition) is 5. The Balaban J connectivity index is 1.31. The van der Waals surface area contributed by atoms with Gasteiger partial charge in [0.25, 0.3) is 5.91 Å². The van der Waals surface area contributed by atoms with Gasteiger partial charge in [0.2, 0.25) is 0 Å². The van der Waals surface area contributed by atoms with Gasteiger partial charge < -0.3 is 5.32 Å². The molecule has 1 amide bonds. The molecule has 1 aliphatic rings. The third-order valence-electron chi connectivity index (χ3n) is 4.72. The Morgan fingerprint density at radius 2 is 1.96 bits per heavy atom. The number of carbonyl (C=O) groups is 1. The maximum Gasteiger partial charge on any atom is 0.254 e. The molecule has 3 aromatic rings. The highest BCUT2D eigenvalue weighted by molar-refractivity contribution is 7.99. The van der Waals surface area contributed by atoms with Gasteiger partial charge in [0.05, 0.1) is 16.3 Å². The van der Waals surface area contributed by atoms with Gasteiger partial charge in [0.15, 0.2) is 0 Å². The standard InChI is InChI=1S/C22H23N3OS2/c26-21(17-10-6-15-24-22(17)27-16-8-2-1-3-9-16)23-14-7-13-20-25-18-11-4-5-12-19(18)28-20/h1-3,6,8-10,15H,4-5,7,11-14H2,(H,23,26). The molecule has 4 rings (SSSR count). The maximum absolute atomic E-state index is 12.6. The van der Waals surface area contributed by atoms with E-state index in [1.165, 1.54) is 46.6 Å². The maximum atomic E-state index is 12.6. The molecule has 0 bridgehead atoms. The van der Waals surface area contributed by atoms with Gasteiger partial charge >= 0.3 is 0 Å². The third kappa shape index (κ3) is 4.80. The van der Waals surface area contributed by atoms with Crippen LogP contribution in [0.3, 0.4) is 0 Å². The number of thiazole rings is 1. The van der Waals surface area contributed by atoms with E-state index < -0.39 is 0 Å². The number of fused-ring (bicyclic) bond motifs is 1. The lowest BCUT2D eigenvalue weighted by molar-refractivity contribution is 0.0949. The van der Waals surface area contributed by atoms with Crippen molar-refractivity contribution >= 4 is 29.0 Å². The van der Waals surface area contributed by atoms with Crippen LogP contribution in [0.25, 0.3) is 0 Å². The molecule has 2 aromatic heterocycles. The lowest BCUT2D eigenvalue weighted by atomic mass is 10.0. The van der Waals surface area contributed by atoms with Crippen LogP contribution in [0.4, 0.5) is 0 Å². The average Bonchev–Trinajstić information content (AvgIpc) is 3.15. The molecule has 0 spiro atoms. The lowest BCUT2D eigenvalue weighted by Gasteiger charge is -2.09. The van der Waals surface area contributed by atoms with Crippen molar-refractivity contribution < 1.29 is 4.79 Å². The number of hydrogen-bond donors (Lipinski definition) is 1. The summed E-state index contributed by atoms with van der Waals surface area (Å²) in [4.78, 5) is 24.4. The number of benzene rings is 1. The van der Waals surface area contributed by atoms with Crippen molar-refractivity contribution in [3.05, 3.63) is 69.8 Å². The number of nitrogens with zero attached hydrogens (tertiary/aromatic N) is 2. The summed E-state index contributed by atoms with van der Waals surface area (Å²) in [6.45, 7) is 0.646. The number of carbonyl (C=O) groups excluding carboxylic acids is 1. The molecule has 1 aliphatic carbocycles. The number of rotatable bonds is 7. The van der Waals surface area contributed by atoms with Gasteiger partial charge in [-0.25, -0.2) is 9.97 Å². The van der Waals surface area contributed by atoms with Gasteiger partial charge in [0, 0.05) is 28.9 Å². The first-order valence-corrected chi connectivity index (χ1v) is 11.4. The Hall–Kier alpha value is -2.18. The van der Waals surface area contributed by atoms with Gasteiger partial charge in [-0.1, -0.05) is 30.0 Å². The molecule has 0 aliphatic heterocycles. The van der Waals surface area contributed by atoms with Crippen LogP contribution in [0.15, 0.2) is 58.6 Å². The lowest BCUT2D eigenvalue weighted by Crippen LogP contribution is -2.25. The van der Waals surface area contributed by atoms with Crippen LogP contribution in [0.1, 0.15) is 45.2 Å². The number of amides is 1. The number of nitrogens with one attached hydrogen (secondary N) is 1. The fraction of sp³-hybridized carbons (Fsp3) is 0.318. The molecule has 6 heteroatoms. The Kier molecular flexibility index (Phi) is 6.39. The molecule has 4 nitrogen and oxygen atoms in total. The monoisotopic (exact) mass is 409 g/mol. The molecule has 0 saturated heterocycles. The summed E-state index contributed by atoms with van der Waals surface area (Å²) in [5.41, 5.74) is 1.94. The summed E-state index contributed by atoms with van der Waals surface area (Å²) < 4.78 is 0. The molecule has 0 atom stereocenters. The Bertz CT molecular complexity index is 916. The van der Waals surface area contributed by atoms with Crippen LogP contribution in [-0.4, -0.2) is 22.4 Å². The van der Waals surface area contributed by atoms with Gasteiger partial charge in [0.1, 0.15) is 5.03 Å². The van der Waals surface area contributed by atoms with Crippen LogP contribution < -0.4 is 5.32 Å². The van der Waals surface area contributed by atoms with E-state index in [0.29, 0.717) is 12.1 Å². The average molecular weight is 410 g/mol. The van der Waals surface area contributed by atoms with Gasteiger partial charge in [-0.05, 0) is 56.4 Å². The topological polar surface area (TPSA) is 54.9 Å². The van der Waals surface area contributed by atoms with Crippen molar-refractivity contribution in [3.8, 4) is 0 Å². The fourth-order valence-electron chi connectivity index (χ4n) is 3.29. The zero-order valence-electron chi connectivity index (χ0n) is 15.7. The zero-order valence-corrected chi connectivity index (χ0v) is 17.3. The van der Waals surface area contributed by atoms with Crippen molar-refractivity contribution in [2.45, 2.75) is 48.4 Å². The van der Waals surface area contributed by atoms with Crippen molar-refractivity contribution in [2.24, 2.45) is 0 Å². The highest BCUT2D eigenvalue weighted by atomic mass is 32.2. The van der Waals surface area contributed by atoms with E-state index in [2.05, 4.69) is 10.3 Å². The molecule has 1 aromatic carbocycles. The second kappa shape index (κ2) is 9.34. The van der Waals surface area contributed by atoms with Crippen molar-refractivity contribution in [1.29, 1.82) is 0 Å². The van der Waals surface area contributed by atoms with E-state index in [1.54, 1.807) is 6.20 Å². The van der Waals surface area contributed by atoms with Crippen LogP contribution in [0.2, 0.25) is 0 Å². The minimum atomic E-state index is -0.0648. The summed E-state index contributed by atoms with van der Waals surface area (Å²) in [5.74, 6) is -0.0648. The fourth-order valence-corrected chi connectivity index (χ4v) is 5.39. The first-order chi connectivity index (χ1) is 13.8. The Labute approximate surface area is 173 Å². The number of aryl methyl sites for hydroxylation is 3. The molecule has 0 saturated carbocycles. The number of pyridine rings is 1. The molecule has 0 fully saturated rings. The molecule has 2 heterocycles. The molecular weight excluding hydrogens is 386 g/mol. The van der Waals surface area contributed by atoms with Crippen LogP contribution in [-0.2, 0) is 19.3 Å². The van der Waals surface area contributed by atoms with E-state index in [1.807, 2.05) is 53.8 Å². The quantitative estimate of drug-likeness (QED) is 0.562. The summed E-state index contributed by atoms with van der Waals surface area (Å²) in [5, 5.41) is 4.99. The van der Waals surface area contributed by atoms with Crippen molar-refractivity contribution in [1.82, 2.24) is 15.3 Å². The first kappa shape index (κ1) is 19.2. The van der Waals surface area contributed by atoms with Gasteiger partial charge in [-0.15, -0.1) is 11.3 Å². The second-order valence-corrected chi connectivity index (χ2v) is 9.05. The SMILES string of the molecule is O=C(NCCCc1nc2c(s1)CCCC2)c1cccnc1Sc1ccccc1. The predicted molar refractivity (Wildman–Crippen MR) is 114 cm³/mol. The molecule has 1 N–H and O–H groups in total. The minimum Gasteiger partial charge on any atom is -0.352 e. The zero-order chi connectivity index (χ0) is 19.2. The first-order valence-electron chi connectivity index (χ1n) is 9.73.